The number of benzene rings is 1. The normalized spacial score (nSPS) is 17.1. The largest absolute Gasteiger partial charge is 0.315 e. The lowest BCUT2D eigenvalue weighted by Gasteiger charge is -2.08. The minimum absolute atomic E-state index is 0.617. The van der Waals surface area contributed by atoms with Crippen molar-refractivity contribution in [2.75, 3.05) is 18.8 Å². The van der Waals surface area contributed by atoms with Gasteiger partial charge in [0.1, 0.15) is 0 Å². The lowest BCUT2D eigenvalue weighted by atomic mass is 10.1. The molecule has 3 rings (SSSR count). The first-order valence-corrected chi connectivity index (χ1v) is 9.07. The Kier molecular flexibility index (Phi) is 5.16. The van der Waals surface area contributed by atoms with E-state index < -0.39 is 0 Å². The monoisotopic (exact) mass is 321 g/mol. The van der Waals surface area contributed by atoms with Crippen LogP contribution in [0, 0.1) is 0 Å². The van der Waals surface area contributed by atoms with E-state index >= 15 is 0 Å². The number of rotatable bonds is 7. The summed E-state index contributed by atoms with van der Waals surface area (Å²) in [5.41, 5.74) is 1.47. The van der Waals surface area contributed by atoms with Crippen molar-refractivity contribution in [2.45, 2.75) is 35.2 Å². The Bertz CT molecular complexity index is 561. The van der Waals surface area contributed by atoms with Crippen molar-refractivity contribution >= 4 is 23.5 Å². The van der Waals surface area contributed by atoms with E-state index in [1.54, 1.807) is 11.8 Å². The molecule has 2 heterocycles. The molecule has 112 valence electrons. The summed E-state index contributed by atoms with van der Waals surface area (Å²) in [6.07, 6.45) is 1.15. The summed E-state index contributed by atoms with van der Waals surface area (Å²) in [6, 6.07) is 8.68. The lowest BCUT2D eigenvalue weighted by Crippen LogP contribution is -2.20. The third-order valence-corrected chi connectivity index (χ3v) is 6.01. The number of fused-ring (bicyclic) bond motifs is 1. The van der Waals surface area contributed by atoms with Crippen LogP contribution in [0.25, 0.3) is 0 Å². The van der Waals surface area contributed by atoms with Crippen molar-refractivity contribution < 1.29 is 0 Å². The highest BCUT2D eigenvalue weighted by Crippen LogP contribution is 2.38. The van der Waals surface area contributed by atoms with Crippen LogP contribution in [0.15, 0.2) is 34.3 Å². The Morgan fingerprint density at radius 2 is 2.33 bits per heavy atom. The number of nitrogens with one attached hydrogen (secondary N) is 1. The van der Waals surface area contributed by atoms with Crippen molar-refractivity contribution in [2.24, 2.45) is 0 Å². The molecule has 1 aromatic carbocycles. The van der Waals surface area contributed by atoms with Gasteiger partial charge in [-0.2, -0.15) is 0 Å². The molecule has 1 atom stereocenters. The molecule has 1 aromatic heterocycles. The highest BCUT2D eigenvalue weighted by Gasteiger charge is 2.22. The van der Waals surface area contributed by atoms with Crippen LogP contribution in [0.2, 0.25) is 0 Å². The molecule has 0 spiro atoms. The standard InChI is InChI=1S/C14H19N5S2/c1-2-15-7-8-19-14(16-17-18-19)20-10-12-9-11-5-3-4-6-13(11)21-12/h3-6,12,15H,2,7-10H2,1H3. The van der Waals surface area contributed by atoms with Crippen molar-refractivity contribution in [3.8, 4) is 0 Å². The molecule has 0 fully saturated rings. The number of aromatic nitrogens is 4. The van der Waals surface area contributed by atoms with Gasteiger partial charge in [-0.25, -0.2) is 4.68 Å². The molecule has 0 saturated carbocycles. The summed E-state index contributed by atoms with van der Waals surface area (Å²) in [7, 11) is 0. The quantitative estimate of drug-likeness (QED) is 0.622. The zero-order valence-corrected chi connectivity index (χ0v) is 13.7. The topological polar surface area (TPSA) is 55.6 Å². The van der Waals surface area contributed by atoms with Crippen LogP contribution in [0.1, 0.15) is 12.5 Å². The molecule has 0 saturated heterocycles. The van der Waals surface area contributed by atoms with E-state index in [1.807, 2.05) is 16.4 Å². The van der Waals surface area contributed by atoms with E-state index in [9.17, 15) is 0 Å². The summed E-state index contributed by atoms with van der Waals surface area (Å²) in [4.78, 5) is 1.43. The van der Waals surface area contributed by atoms with E-state index in [4.69, 9.17) is 0 Å². The maximum absolute atomic E-state index is 4.13. The molecule has 1 N–H and O–H groups in total. The molecule has 1 unspecified atom stereocenters. The van der Waals surface area contributed by atoms with Crippen LogP contribution in [0.5, 0.6) is 0 Å². The fraction of sp³-hybridized carbons (Fsp3) is 0.500. The molecule has 5 nitrogen and oxygen atoms in total. The molecule has 1 aliphatic heterocycles. The average molecular weight is 321 g/mol. The first-order valence-electron chi connectivity index (χ1n) is 7.21. The third kappa shape index (κ3) is 3.78. The number of hydrogen-bond donors (Lipinski definition) is 1. The lowest BCUT2D eigenvalue weighted by molar-refractivity contribution is 0.517. The second-order valence-electron chi connectivity index (χ2n) is 4.90. The Hall–Kier alpha value is -1.05. The summed E-state index contributed by atoms with van der Waals surface area (Å²) in [5.74, 6) is 1.04. The van der Waals surface area contributed by atoms with Crippen LogP contribution in [0.3, 0.4) is 0 Å². The predicted octanol–water partition coefficient (Wildman–Crippen LogP) is 2.09. The van der Waals surface area contributed by atoms with Crippen molar-refractivity contribution in [3.05, 3.63) is 29.8 Å². The van der Waals surface area contributed by atoms with Gasteiger partial charge in [0.25, 0.3) is 0 Å². The van der Waals surface area contributed by atoms with Crippen LogP contribution < -0.4 is 5.32 Å². The maximum atomic E-state index is 4.13. The average Bonchev–Trinajstić information content (AvgIpc) is 3.11. The zero-order valence-electron chi connectivity index (χ0n) is 12.0. The SMILES string of the molecule is CCNCCn1nnnc1SCC1Cc2ccccc2S1. The van der Waals surface area contributed by atoms with Crippen molar-refractivity contribution in [1.82, 2.24) is 25.5 Å². The number of likely N-dealkylation sites (N-methyl/N-ethyl adjacent to an activating group) is 1. The van der Waals surface area contributed by atoms with Crippen molar-refractivity contribution in [1.29, 1.82) is 0 Å². The predicted molar refractivity (Wildman–Crippen MR) is 86.9 cm³/mol. The van der Waals surface area contributed by atoms with E-state index in [0.29, 0.717) is 5.25 Å². The van der Waals surface area contributed by atoms with Gasteiger partial charge >= 0.3 is 0 Å². The van der Waals surface area contributed by atoms with Gasteiger partial charge < -0.3 is 5.32 Å². The maximum Gasteiger partial charge on any atom is 0.209 e. The van der Waals surface area contributed by atoms with Gasteiger partial charge in [-0.05, 0) is 35.0 Å². The molecule has 7 heteroatoms. The van der Waals surface area contributed by atoms with Gasteiger partial charge in [0.15, 0.2) is 0 Å². The summed E-state index contributed by atoms with van der Waals surface area (Å²) >= 11 is 3.73. The fourth-order valence-corrected chi connectivity index (χ4v) is 4.70. The Labute approximate surface area is 133 Å². The van der Waals surface area contributed by atoms with E-state index in [1.165, 1.54) is 10.5 Å². The second-order valence-corrected chi connectivity index (χ2v) is 7.23. The van der Waals surface area contributed by atoms with Crippen LogP contribution >= 0.6 is 23.5 Å². The number of nitrogens with zero attached hydrogens (tertiary/aromatic N) is 4. The summed E-state index contributed by atoms with van der Waals surface area (Å²) in [6.45, 7) is 4.80. The molecule has 0 aliphatic carbocycles. The number of hydrogen-bond acceptors (Lipinski definition) is 6. The van der Waals surface area contributed by atoms with E-state index in [-0.39, 0.29) is 0 Å². The van der Waals surface area contributed by atoms with Gasteiger partial charge in [-0.1, -0.05) is 36.9 Å². The Morgan fingerprint density at radius 1 is 1.43 bits per heavy atom. The van der Waals surface area contributed by atoms with Gasteiger partial charge in [0.05, 0.1) is 6.54 Å². The summed E-state index contributed by atoms with van der Waals surface area (Å²) in [5, 5.41) is 16.8. The molecule has 1 aliphatic rings. The summed E-state index contributed by atoms with van der Waals surface area (Å²) < 4.78 is 1.89. The molecule has 2 aromatic rings. The Morgan fingerprint density at radius 3 is 3.19 bits per heavy atom. The van der Waals surface area contributed by atoms with Crippen LogP contribution in [-0.2, 0) is 13.0 Å². The third-order valence-electron chi connectivity index (χ3n) is 3.36. The molecule has 0 radical (unpaired) electrons. The fourth-order valence-electron chi connectivity index (χ4n) is 2.32. The zero-order chi connectivity index (χ0) is 14.5. The second kappa shape index (κ2) is 7.29. The molecular weight excluding hydrogens is 302 g/mol. The van der Waals surface area contributed by atoms with E-state index in [2.05, 4.69) is 52.0 Å². The van der Waals surface area contributed by atoms with E-state index in [0.717, 1.165) is 37.0 Å². The van der Waals surface area contributed by atoms with Crippen LogP contribution in [0.4, 0.5) is 0 Å². The highest BCUT2D eigenvalue weighted by atomic mass is 32.2. The van der Waals surface area contributed by atoms with Crippen LogP contribution in [-0.4, -0.2) is 44.3 Å². The minimum atomic E-state index is 0.617. The molecular formula is C14H19N5S2. The number of tetrazole rings is 1. The van der Waals surface area contributed by atoms with Gasteiger partial charge in [0, 0.05) is 22.4 Å². The molecule has 0 amide bonds. The number of thioether (sulfide) groups is 2. The van der Waals surface area contributed by atoms with Gasteiger partial charge in [0.2, 0.25) is 5.16 Å². The first-order chi connectivity index (χ1) is 10.4. The minimum Gasteiger partial charge on any atom is -0.315 e. The smallest absolute Gasteiger partial charge is 0.209 e. The molecule has 0 bridgehead atoms. The first kappa shape index (κ1) is 14.9. The Balaban J connectivity index is 1.51. The highest BCUT2D eigenvalue weighted by molar-refractivity contribution is 8.03. The van der Waals surface area contributed by atoms with Gasteiger partial charge in [-0.15, -0.1) is 16.9 Å². The molecule has 21 heavy (non-hydrogen) atoms. The van der Waals surface area contributed by atoms with Gasteiger partial charge in [-0.3, -0.25) is 0 Å². The van der Waals surface area contributed by atoms with Crippen molar-refractivity contribution in [3.63, 3.8) is 0 Å².